The number of amides is 1. The van der Waals surface area contributed by atoms with Gasteiger partial charge in [0.05, 0.1) is 24.0 Å². The summed E-state index contributed by atoms with van der Waals surface area (Å²) in [6, 6.07) is 13.4. The Hall–Kier alpha value is -3.48. The lowest BCUT2D eigenvalue weighted by atomic mass is 10.2. The van der Waals surface area contributed by atoms with Gasteiger partial charge in [-0.1, -0.05) is 12.1 Å². The molecule has 0 fully saturated rings. The van der Waals surface area contributed by atoms with Crippen molar-refractivity contribution in [1.82, 2.24) is 4.98 Å². The van der Waals surface area contributed by atoms with Crippen LogP contribution in [-0.4, -0.2) is 18.0 Å². The van der Waals surface area contributed by atoms with E-state index in [1.165, 1.54) is 6.20 Å². The van der Waals surface area contributed by atoms with Crippen LogP contribution in [-0.2, 0) is 0 Å². The standard InChI is InChI=1S/C19H15F2N3O2/c1-26-17-5-3-2-4-16(17)23-18-9-6-12(11-22-18)19(25)24-15-8-7-13(20)10-14(15)21/h2-11H,1H3,(H,22,23)(H,24,25). The number of halogens is 2. The highest BCUT2D eigenvalue weighted by atomic mass is 19.1. The molecular formula is C19H15F2N3O2. The molecule has 132 valence electrons. The van der Waals surface area contributed by atoms with Crippen molar-refractivity contribution in [3.05, 3.63) is 78.0 Å². The van der Waals surface area contributed by atoms with Crippen LogP contribution in [0.25, 0.3) is 0 Å². The average Bonchev–Trinajstić information content (AvgIpc) is 2.65. The normalized spacial score (nSPS) is 10.3. The molecule has 0 unspecified atom stereocenters. The van der Waals surface area contributed by atoms with Gasteiger partial charge in [0, 0.05) is 12.3 Å². The van der Waals surface area contributed by atoms with Gasteiger partial charge in [-0.05, 0) is 36.4 Å². The maximum absolute atomic E-state index is 13.6. The lowest BCUT2D eigenvalue weighted by molar-refractivity contribution is 0.102. The Balaban J connectivity index is 1.71. The van der Waals surface area contributed by atoms with E-state index in [0.717, 1.165) is 17.8 Å². The Morgan fingerprint density at radius 3 is 2.54 bits per heavy atom. The molecule has 5 nitrogen and oxygen atoms in total. The van der Waals surface area contributed by atoms with Crippen molar-refractivity contribution < 1.29 is 18.3 Å². The second-order valence-electron chi connectivity index (χ2n) is 5.34. The molecule has 0 spiro atoms. The number of rotatable bonds is 5. The van der Waals surface area contributed by atoms with Crippen molar-refractivity contribution in [3.63, 3.8) is 0 Å². The number of benzene rings is 2. The number of carbonyl (C=O) groups excluding carboxylic acids is 1. The van der Waals surface area contributed by atoms with Crippen molar-refractivity contribution >= 4 is 23.1 Å². The molecule has 0 aliphatic rings. The number of pyridine rings is 1. The number of nitrogens with one attached hydrogen (secondary N) is 2. The van der Waals surface area contributed by atoms with Crippen molar-refractivity contribution in [3.8, 4) is 5.75 Å². The van der Waals surface area contributed by atoms with Crippen LogP contribution in [0.4, 0.5) is 26.0 Å². The molecule has 0 bridgehead atoms. The third-order valence-corrected chi connectivity index (χ3v) is 3.57. The van der Waals surface area contributed by atoms with Crippen LogP contribution >= 0.6 is 0 Å². The number of methoxy groups -OCH3 is 1. The van der Waals surface area contributed by atoms with E-state index in [0.29, 0.717) is 17.6 Å². The first-order valence-electron chi connectivity index (χ1n) is 7.69. The van der Waals surface area contributed by atoms with E-state index in [4.69, 9.17) is 4.74 Å². The third kappa shape index (κ3) is 3.94. The Kier molecular flexibility index (Phi) is 5.07. The summed E-state index contributed by atoms with van der Waals surface area (Å²) < 4.78 is 31.8. The largest absolute Gasteiger partial charge is 0.495 e. The molecule has 0 saturated carbocycles. The fourth-order valence-electron chi connectivity index (χ4n) is 2.27. The molecule has 0 atom stereocenters. The Labute approximate surface area is 148 Å². The number of aromatic nitrogens is 1. The summed E-state index contributed by atoms with van der Waals surface area (Å²) in [4.78, 5) is 16.3. The highest BCUT2D eigenvalue weighted by molar-refractivity contribution is 6.04. The summed E-state index contributed by atoms with van der Waals surface area (Å²) in [6.45, 7) is 0. The van der Waals surface area contributed by atoms with Crippen LogP contribution < -0.4 is 15.4 Å². The molecule has 0 aliphatic heterocycles. The summed E-state index contributed by atoms with van der Waals surface area (Å²) in [5, 5.41) is 5.47. The molecule has 0 aliphatic carbocycles. The molecular weight excluding hydrogens is 340 g/mol. The SMILES string of the molecule is COc1ccccc1Nc1ccc(C(=O)Nc2ccc(F)cc2F)cn1. The van der Waals surface area contributed by atoms with Gasteiger partial charge in [0.2, 0.25) is 0 Å². The number of hydrogen-bond acceptors (Lipinski definition) is 4. The van der Waals surface area contributed by atoms with Crippen molar-refractivity contribution in [2.75, 3.05) is 17.7 Å². The van der Waals surface area contributed by atoms with Crippen LogP contribution in [0.5, 0.6) is 5.75 Å². The Bertz CT molecular complexity index is 930. The van der Waals surface area contributed by atoms with Crippen molar-refractivity contribution in [2.24, 2.45) is 0 Å². The summed E-state index contributed by atoms with van der Waals surface area (Å²) in [7, 11) is 1.57. The van der Waals surface area contributed by atoms with E-state index >= 15 is 0 Å². The lowest BCUT2D eigenvalue weighted by Gasteiger charge is -2.11. The topological polar surface area (TPSA) is 63.2 Å². The van der Waals surface area contributed by atoms with E-state index in [2.05, 4.69) is 15.6 Å². The predicted molar refractivity (Wildman–Crippen MR) is 94.8 cm³/mol. The van der Waals surface area contributed by atoms with E-state index in [1.807, 2.05) is 18.2 Å². The zero-order chi connectivity index (χ0) is 18.5. The number of nitrogens with zero attached hydrogens (tertiary/aromatic N) is 1. The highest BCUT2D eigenvalue weighted by Crippen LogP contribution is 2.26. The van der Waals surface area contributed by atoms with Crippen LogP contribution in [0.3, 0.4) is 0 Å². The van der Waals surface area contributed by atoms with Gasteiger partial charge >= 0.3 is 0 Å². The zero-order valence-electron chi connectivity index (χ0n) is 13.8. The molecule has 0 saturated heterocycles. The van der Waals surface area contributed by atoms with Crippen LogP contribution in [0.1, 0.15) is 10.4 Å². The first-order valence-corrected chi connectivity index (χ1v) is 7.69. The summed E-state index contributed by atoms with van der Waals surface area (Å²) >= 11 is 0. The summed E-state index contributed by atoms with van der Waals surface area (Å²) in [5.74, 6) is -0.941. The lowest BCUT2D eigenvalue weighted by Crippen LogP contribution is -2.13. The van der Waals surface area contributed by atoms with Gasteiger partial charge in [-0.2, -0.15) is 0 Å². The van der Waals surface area contributed by atoms with Gasteiger partial charge in [0.1, 0.15) is 23.2 Å². The van der Waals surface area contributed by atoms with Crippen LogP contribution in [0.2, 0.25) is 0 Å². The molecule has 1 amide bonds. The number of ether oxygens (including phenoxy) is 1. The molecule has 26 heavy (non-hydrogen) atoms. The summed E-state index contributed by atoms with van der Waals surface area (Å²) in [6.07, 6.45) is 1.36. The van der Waals surface area contributed by atoms with Gasteiger partial charge in [-0.3, -0.25) is 4.79 Å². The maximum atomic E-state index is 13.6. The van der Waals surface area contributed by atoms with Gasteiger partial charge in [0.25, 0.3) is 5.91 Å². The molecule has 3 rings (SSSR count). The van der Waals surface area contributed by atoms with Crippen LogP contribution in [0.15, 0.2) is 60.8 Å². The van der Waals surface area contributed by atoms with Crippen molar-refractivity contribution in [1.29, 1.82) is 0 Å². The van der Waals surface area contributed by atoms with E-state index in [1.54, 1.807) is 25.3 Å². The monoisotopic (exact) mass is 355 g/mol. The number of carbonyl (C=O) groups is 1. The number of para-hydroxylation sites is 2. The third-order valence-electron chi connectivity index (χ3n) is 3.57. The molecule has 3 aromatic rings. The minimum atomic E-state index is -0.847. The van der Waals surface area contributed by atoms with Gasteiger partial charge < -0.3 is 15.4 Å². The molecule has 1 aromatic heterocycles. The average molecular weight is 355 g/mol. The second-order valence-corrected chi connectivity index (χ2v) is 5.34. The summed E-state index contributed by atoms with van der Waals surface area (Å²) in [5.41, 5.74) is 0.861. The Morgan fingerprint density at radius 2 is 1.85 bits per heavy atom. The molecule has 7 heteroatoms. The predicted octanol–water partition coefficient (Wildman–Crippen LogP) is 4.36. The number of anilines is 3. The fourth-order valence-corrected chi connectivity index (χ4v) is 2.27. The maximum Gasteiger partial charge on any atom is 0.257 e. The van der Waals surface area contributed by atoms with E-state index in [9.17, 15) is 13.6 Å². The van der Waals surface area contributed by atoms with Gasteiger partial charge in [-0.25, -0.2) is 13.8 Å². The molecule has 0 radical (unpaired) electrons. The Morgan fingerprint density at radius 1 is 1.04 bits per heavy atom. The van der Waals surface area contributed by atoms with E-state index in [-0.39, 0.29) is 11.3 Å². The fraction of sp³-hybridized carbons (Fsp3) is 0.0526. The molecule has 2 N–H and O–H groups in total. The molecule has 2 aromatic carbocycles. The first-order chi connectivity index (χ1) is 12.6. The minimum Gasteiger partial charge on any atom is -0.495 e. The van der Waals surface area contributed by atoms with Gasteiger partial charge in [0.15, 0.2) is 0 Å². The van der Waals surface area contributed by atoms with E-state index < -0.39 is 17.5 Å². The highest BCUT2D eigenvalue weighted by Gasteiger charge is 2.11. The minimum absolute atomic E-state index is 0.104. The van der Waals surface area contributed by atoms with Crippen molar-refractivity contribution in [2.45, 2.75) is 0 Å². The first kappa shape index (κ1) is 17.3. The van der Waals surface area contributed by atoms with Gasteiger partial charge in [-0.15, -0.1) is 0 Å². The number of hydrogen-bond donors (Lipinski definition) is 2. The quantitative estimate of drug-likeness (QED) is 0.714. The molecule has 1 heterocycles. The zero-order valence-corrected chi connectivity index (χ0v) is 13.8. The van der Waals surface area contributed by atoms with Crippen LogP contribution in [0, 0.1) is 11.6 Å². The smallest absolute Gasteiger partial charge is 0.257 e. The second kappa shape index (κ2) is 7.60.